The van der Waals surface area contributed by atoms with Crippen LogP contribution < -0.4 is 0 Å². The second kappa shape index (κ2) is 4.93. The van der Waals surface area contributed by atoms with Crippen LogP contribution in [0.1, 0.15) is 47.5 Å². The van der Waals surface area contributed by atoms with E-state index in [4.69, 9.17) is 4.52 Å². The molecule has 1 saturated carbocycles. The van der Waals surface area contributed by atoms with Gasteiger partial charge in [-0.15, -0.1) is 5.10 Å². The standard InChI is InChI=1S/C15H19N5O2/c1-9-13(10(2)22-17-9)5-15(21)19-6-12(7-19)20-8-14(16-18-20)11-3-4-11/h8,11-12H,3-7H2,1-2H3. The van der Waals surface area contributed by atoms with E-state index < -0.39 is 0 Å². The third-order valence-electron chi connectivity index (χ3n) is 4.62. The molecule has 2 aromatic rings. The molecule has 22 heavy (non-hydrogen) atoms. The van der Waals surface area contributed by atoms with Gasteiger partial charge in [0.05, 0.1) is 23.9 Å². The van der Waals surface area contributed by atoms with Gasteiger partial charge in [-0.1, -0.05) is 10.4 Å². The summed E-state index contributed by atoms with van der Waals surface area (Å²) in [6.07, 6.45) is 4.85. The molecular formula is C15H19N5O2. The molecule has 2 aliphatic rings. The van der Waals surface area contributed by atoms with Crippen LogP contribution in [-0.4, -0.2) is 44.0 Å². The number of hydrogen-bond acceptors (Lipinski definition) is 5. The number of rotatable bonds is 4. The fourth-order valence-electron chi connectivity index (χ4n) is 2.88. The van der Waals surface area contributed by atoms with Crippen molar-refractivity contribution in [2.75, 3.05) is 13.1 Å². The highest BCUT2D eigenvalue weighted by Gasteiger charge is 2.34. The number of hydrogen-bond donors (Lipinski definition) is 0. The van der Waals surface area contributed by atoms with E-state index in [1.807, 2.05) is 29.6 Å². The van der Waals surface area contributed by atoms with E-state index in [2.05, 4.69) is 15.5 Å². The minimum absolute atomic E-state index is 0.119. The lowest BCUT2D eigenvalue weighted by molar-refractivity contribution is -0.136. The third-order valence-corrected chi connectivity index (χ3v) is 4.62. The molecule has 0 spiro atoms. The van der Waals surface area contributed by atoms with Crippen LogP contribution in [0, 0.1) is 13.8 Å². The van der Waals surface area contributed by atoms with E-state index in [1.54, 1.807) is 0 Å². The first kappa shape index (κ1) is 13.5. The number of nitrogens with zero attached hydrogens (tertiary/aromatic N) is 5. The highest BCUT2D eigenvalue weighted by Crippen LogP contribution is 2.39. The predicted octanol–water partition coefficient (Wildman–Crippen LogP) is 1.39. The Morgan fingerprint density at radius 1 is 1.36 bits per heavy atom. The van der Waals surface area contributed by atoms with Gasteiger partial charge in [0.2, 0.25) is 5.91 Å². The highest BCUT2D eigenvalue weighted by molar-refractivity contribution is 5.80. The Hall–Kier alpha value is -2.18. The van der Waals surface area contributed by atoms with E-state index in [0.29, 0.717) is 25.4 Å². The van der Waals surface area contributed by atoms with E-state index in [1.165, 1.54) is 12.8 Å². The number of aryl methyl sites for hydroxylation is 2. The first-order valence-corrected chi connectivity index (χ1v) is 7.73. The predicted molar refractivity (Wildman–Crippen MR) is 77.3 cm³/mol. The summed E-state index contributed by atoms with van der Waals surface area (Å²) in [6, 6.07) is 0.258. The van der Waals surface area contributed by atoms with Gasteiger partial charge in [0.25, 0.3) is 0 Å². The zero-order valence-corrected chi connectivity index (χ0v) is 12.8. The van der Waals surface area contributed by atoms with Crippen LogP contribution in [0.15, 0.2) is 10.7 Å². The number of carbonyl (C=O) groups excluding carboxylic acids is 1. The normalized spacial score (nSPS) is 18.5. The van der Waals surface area contributed by atoms with Gasteiger partial charge in [-0.05, 0) is 26.7 Å². The quantitative estimate of drug-likeness (QED) is 0.852. The Bertz CT molecular complexity index is 690. The lowest BCUT2D eigenvalue weighted by Gasteiger charge is -2.38. The SMILES string of the molecule is Cc1noc(C)c1CC(=O)N1CC(n2cc(C3CC3)nn2)C1. The smallest absolute Gasteiger partial charge is 0.227 e. The molecule has 4 rings (SSSR count). The summed E-state index contributed by atoms with van der Waals surface area (Å²) in [5.41, 5.74) is 2.80. The van der Waals surface area contributed by atoms with Crippen molar-refractivity contribution in [3.8, 4) is 0 Å². The molecule has 0 unspecified atom stereocenters. The molecule has 1 aliphatic heterocycles. The maximum absolute atomic E-state index is 12.3. The average Bonchev–Trinajstić information content (AvgIpc) is 3.12. The van der Waals surface area contributed by atoms with Crippen molar-refractivity contribution in [3.05, 3.63) is 28.9 Å². The molecule has 2 fully saturated rings. The van der Waals surface area contributed by atoms with Gasteiger partial charge in [-0.25, -0.2) is 4.68 Å². The molecule has 1 aliphatic carbocycles. The zero-order chi connectivity index (χ0) is 15.3. The van der Waals surface area contributed by atoms with Crippen molar-refractivity contribution < 1.29 is 9.32 Å². The first-order valence-electron chi connectivity index (χ1n) is 7.73. The Morgan fingerprint density at radius 3 is 2.77 bits per heavy atom. The number of carbonyl (C=O) groups is 1. The Kier molecular flexibility index (Phi) is 3.02. The zero-order valence-electron chi connectivity index (χ0n) is 12.8. The van der Waals surface area contributed by atoms with Crippen molar-refractivity contribution >= 4 is 5.91 Å². The van der Waals surface area contributed by atoms with Gasteiger partial charge in [-0.3, -0.25) is 4.79 Å². The largest absolute Gasteiger partial charge is 0.361 e. The molecule has 116 valence electrons. The average molecular weight is 301 g/mol. The molecule has 0 radical (unpaired) electrons. The monoisotopic (exact) mass is 301 g/mol. The summed E-state index contributed by atoms with van der Waals surface area (Å²) in [7, 11) is 0. The molecule has 0 N–H and O–H groups in total. The Balaban J connectivity index is 1.35. The maximum atomic E-state index is 12.3. The Labute approximate surface area is 128 Å². The summed E-state index contributed by atoms with van der Waals surface area (Å²) in [5.74, 6) is 1.47. The van der Waals surface area contributed by atoms with Crippen LogP contribution >= 0.6 is 0 Å². The topological polar surface area (TPSA) is 77.0 Å². The molecule has 7 heteroatoms. The van der Waals surface area contributed by atoms with Gasteiger partial charge in [0.1, 0.15) is 5.76 Å². The van der Waals surface area contributed by atoms with Crippen LogP contribution in [0.5, 0.6) is 0 Å². The van der Waals surface area contributed by atoms with Gasteiger partial charge < -0.3 is 9.42 Å². The Morgan fingerprint density at radius 2 is 2.14 bits per heavy atom. The van der Waals surface area contributed by atoms with Crippen LogP contribution in [0.2, 0.25) is 0 Å². The van der Waals surface area contributed by atoms with Crippen LogP contribution in [-0.2, 0) is 11.2 Å². The summed E-state index contributed by atoms with van der Waals surface area (Å²) in [5, 5.41) is 12.3. The van der Waals surface area contributed by atoms with Crippen molar-refractivity contribution in [3.63, 3.8) is 0 Å². The summed E-state index contributed by atoms with van der Waals surface area (Å²) in [4.78, 5) is 14.2. The van der Waals surface area contributed by atoms with Gasteiger partial charge in [-0.2, -0.15) is 0 Å². The van der Waals surface area contributed by atoms with Gasteiger partial charge in [0, 0.05) is 30.8 Å². The fourth-order valence-corrected chi connectivity index (χ4v) is 2.88. The van der Waals surface area contributed by atoms with E-state index in [-0.39, 0.29) is 11.9 Å². The minimum atomic E-state index is 0.119. The van der Waals surface area contributed by atoms with E-state index in [9.17, 15) is 4.79 Å². The molecule has 7 nitrogen and oxygen atoms in total. The van der Waals surface area contributed by atoms with Crippen LogP contribution in [0.3, 0.4) is 0 Å². The van der Waals surface area contributed by atoms with Crippen molar-refractivity contribution in [2.24, 2.45) is 0 Å². The van der Waals surface area contributed by atoms with Crippen molar-refractivity contribution in [1.82, 2.24) is 25.1 Å². The molecule has 0 atom stereocenters. The lowest BCUT2D eigenvalue weighted by atomic mass is 10.1. The second-order valence-electron chi connectivity index (χ2n) is 6.33. The van der Waals surface area contributed by atoms with Crippen LogP contribution in [0.4, 0.5) is 0 Å². The number of amides is 1. The molecule has 1 saturated heterocycles. The van der Waals surface area contributed by atoms with Crippen LogP contribution in [0.25, 0.3) is 0 Å². The van der Waals surface area contributed by atoms with E-state index in [0.717, 1.165) is 22.7 Å². The number of likely N-dealkylation sites (tertiary alicyclic amines) is 1. The first-order chi connectivity index (χ1) is 10.6. The van der Waals surface area contributed by atoms with Crippen molar-refractivity contribution in [1.29, 1.82) is 0 Å². The van der Waals surface area contributed by atoms with E-state index >= 15 is 0 Å². The summed E-state index contributed by atoms with van der Waals surface area (Å²) >= 11 is 0. The molecule has 0 aromatic carbocycles. The highest BCUT2D eigenvalue weighted by atomic mass is 16.5. The van der Waals surface area contributed by atoms with Gasteiger partial charge >= 0.3 is 0 Å². The third kappa shape index (κ3) is 2.30. The maximum Gasteiger partial charge on any atom is 0.227 e. The summed E-state index contributed by atoms with van der Waals surface area (Å²) < 4.78 is 7.02. The molecule has 2 aromatic heterocycles. The molecule has 3 heterocycles. The summed E-state index contributed by atoms with van der Waals surface area (Å²) in [6.45, 7) is 5.12. The van der Waals surface area contributed by atoms with Crippen molar-refractivity contribution in [2.45, 2.75) is 45.1 Å². The minimum Gasteiger partial charge on any atom is -0.361 e. The number of aromatic nitrogens is 4. The fraction of sp³-hybridized carbons (Fsp3) is 0.600. The molecule has 1 amide bonds. The molecule has 0 bridgehead atoms. The second-order valence-corrected chi connectivity index (χ2v) is 6.33. The molecular weight excluding hydrogens is 282 g/mol. The lowest BCUT2D eigenvalue weighted by Crippen LogP contribution is -2.51. The van der Waals surface area contributed by atoms with Gasteiger partial charge in [0.15, 0.2) is 0 Å².